The van der Waals surface area contributed by atoms with Gasteiger partial charge in [0, 0.05) is 13.1 Å². The number of aromatic hydroxyl groups is 1. The number of nitrogens with one attached hydrogen (secondary N) is 2. The Balaban J connectivity index is 2.16. The van der Waals surface area contributed by atoms with Gasteiger partial charge in [0.2, 0.25) is 0 Å². The van der Waals surface area contributed by atoms with Gasteiger partial charge in [-0.3, -0.25) is 9.59 Å². The van der Waals surface area contributed by atoms with Crippen molar-refractivity contribution >= 4 is 11.8 Å². The summed E-state index contributed by atoms with van der Waals surface area (Å²) in [6.07, 6.45) is 1.44. The summed E-state index contributed by atoms with van der Waals surface area (Å²) in [6, 6.07) is 6.77. The van der Waals surface area contributed by atoms with Crippen LogP contribution in [-0.4, -0.2) is 54.5 Å². The minimum absolute atomic E-state index is 0.210. The molecule has 6 heteroatoms. The fourth-order valence-corrected chi connectivity index (χ4v) is 2.19. The van der Waals surface area contributed by atoms with Gasteiger partial charge in [-0.15, -0.1) is 0 Å². The van der Waals surface area contributed by atoms with Gasteiger partial charge in [-0.1, -0.05) is 26.0 Å². The van der Waals surface area contributed by atoms with Gasteiger partial charge < -0.3 is 20.6 Å². The highest BCUT2D eigenvalue weighted by molar-refractivity contribution is 6.35. The van der Waals surface area contributed by atoms with Gasteiger partial charge in [0.15, 0.2) is 0 Å². The summed E-state index contributed by atoms with van der Waals surface area (Å²) < 4.78 is 0. The lowest BCUT2D eigenvalue weighted by Gasteiger charge is -2.17. The van der Waals surface area contributed by atoms with E-state index in [9.17, 15) is 14.7 Å². The predicted octanol–water partition coefficient (Wildman–Crippen LogP) is 0.899. The van der Waals surface area contributed by atoms with Crippen molar-refractivity contribution < 1.29 is 14.7 Å². The molecule has 0 heterocycles. The molecule has 128 valence electrons. The Morgan fingerprint density at radius 1 is 1.00 bits per heavy atom. The molecule has 0 aliphatic heterocycles. The van der Waals surface area contributed by atoms with Crippen molar-refractivity contribution in [1.29, 1.82) is 0 Å². The quantitative estimate of drug-likeness (QED) is 0.466. The number of carbonyl (C=O) groups is 2. The maximum atomic E-state index is 11.7. The second-order valence-electron chi connectivity index (χ2n) is 5.31. The summed E-state index contributed by atoms with van der Waals surface area (Å²) >= 11 is 0. The fourth-order valence-electron chi connectivity index (χ4n) is 2.19. The van der Waals surface area contributed by atoms with Crippen LogP contribution < -0.4 is 10.6 Å². The van der Waals surface area contributed by atoms with E-state index in [4.69, 9.17) is 0 Å². The molecular weight excluding hydrogens is 294 g/mol. The standard InChI is InChI=1S/C17H27N3O3/c1-3-20(4-2)13-5-11-18-16(22)17(23)19-12-10-14-6-8-15(21)9-7-14/h6-9,21H,3-5,10-13H2,1-2H3,(H,18,22)(H,19,23). The Hall–Kier alpha value is -2.08. The van der Waals surface area contributed by atoms with E-state index in [0.717, 1.165) is 31.6 Å². The van der Waals surface area contributed by atoms with Gasteiger partial charge in [-0.05, 0) is 50.2 Å². The Bertz CT molecular complexity index is 484. The van der Waals surface area contributed by atoms with Crippen LogP contribution >= 0.6 is 0 Å². The Morgan fingerprint density at radius 3 is 2.13 bits per heavy atom. The van der Waals surface area contributed by atoms with E-state index in [2.05, 4.69) is 29.4 Å². The Morgan fingerprint density at radius 2 is 1.57 bits per heavy atom. The van der Waals surface area contributed by atoms with Crippen molar-refractivity contribution in [1.82, 2.24) is 15.5 Å². The van der Waals surface area contributed by atoms with Crippen LogP contribution in [0.3, 0.4) is 0 Å². The van der Waals surface area contributed by atoms with Gasteiger partial charge in [-0.2, -0.15) is 0 Å². The van der Waals surface area contributed by atoms with E-state index in [1.54, 1.807) is 24.3 Å². The number of phenols is 1. The van der Waals surface area contributed by atoms with Crippen molar-refractivity contribution in [2.45, 2.75) is 26.7 Å². The van der Waals surface area contributed by atoms with Crippen LogP contribution in [0.15, 0.2) is 24.3 Å². The highest BCUT2D eigenvalue weighted by Gasteiger charge is 2.11. The molecule has 0 aromatic heterocycles. The summed E-state index contributed by atoms with van der Waals surface area (Å²) in [4.78, 5) is 25.6. The third-order valence-corrected chi connectivity index (χ3v) is 3.67. The summed E-state index contributed by atoms with van der Waals surface area (Å²) in [5.74, 6) is -0.983. The van der Waals surface area contributed by atoms with Crippen molar-refractivity contribution in [3.05, 3.63) is 29.8 Å². The summed E-state index contributed by atoms with van der Waals surface area (Å²) in [5, 5.41) is 14.4. The van der Waals surface area contributed by atoms with Crippen LogP contribution in [0, 0.1) is 0 Å². The van der Waals surface area contributed by atoms with Crippen molar-refractivity contribution in [3.63, 3.8) is 0 Å². The number of nitrogens with zero attached hydrogens (tertiary/aromatic N) is 1. The second-order valence-corrected chi connectivity index (χ2v) is 5.31. The lowest BCUT2D eigenvalue weighted by molar-refractivity contribution is -0.139. The summed E-state index contributed by atoms with van der Waals surface area (Å²) in [7, 11) is 0. The molecule has 0 saturated heterocycles. The molecule has 0 aliphatic rings. The van der Waals surface area contributed by atoms with E-state index in [-0.39, 0.29) is 5.75 Å². The lowest BCUT2D eigenvalue weighted by atomic mass is 10.1. The number of amides is 2. The smallest absolute Gasteiger partial charge is 0.309 e. The van der Waals surface area contributed by atoms with E-state index in [1.165, 1.54) is 0 Å². The molecule has 1 rings (SSSR count). The minimum Gasteiger partial charge on any atom is -0.508 e. The van der Waals surface area contributed by atoms with Gasteiger partial charge in [0.25, 0.3) is 0 Å². The van der Waals surface area contributed by atoms with Crippen molar-refractivity contribution in [2.24, 2.45) is 0 Å². The third-order valence-electron chi connectivity index (χ3n) is 3.67. The molecule has 23 heavy (non-hydrogen) atoms. The number of phenolic OH excluding ortho intramolecular Hbond substituents is 1. The fraction of sp³-hybridized carbons (Fsp3) is 0.529. The van der Waals surface area contributed by atoms with Crippen molar-refractivity contribution in [3.8, 4) is 5.75 Å². The van der Waals surface area contributed by atoms with Gasteiger partial charge in [-0.25, -0.2) is 0 Å². The zero-order valence-electron chi connectivity index (χ0n) is 14.0. The number of hydrogen-bond donors (Lipinski definition) is 3. The van der Waals surface area contributed by atoms with Crippen LogP contribution in [0.2, 0.25) is 0 Å². The van der Waals surface area contributed by atoms with E-state index < -0.39 is 11.8 Å². The molecule has 6 nitrogen and oxygen atoms in total. The molecule has 0 unspecified atom stereocenters. The van der Waals surface area contributed by atoms with Crippen LogP contribution in [0.5, 0.6) is 5.75 Å². The molecular formula is C17H27N3O3. The van der Waals surface area contributed by atoms with Gasteiger partial charge in [0.1, 0.15) is 5.75 Å². The Labute approximate surface area is 137 Å². The third kappa shape index (κ3) is 7.65. The first-order valence-corrected chi connectivity index (χ1v) is 8.13. The molecule has 0 radical (unpaired) electrons. The van der Waals surface area contributed by atoms with Gasteiger partial charge >= 0.3 is 11.8 Å². The lowest BCUT2D eigenvalue weighted by Crippen LogP contribution is -2.41. The molecule has 3 N–H and O–H groups in total. The summed E-state index contributed by atoms with van der Waals surface area (Å²) in [6.45, 7) is 7.98. The topological polar surface area (TPSA) is 81.7 Å². The molecule has 2 amide bonds. The first-order valence-electron chi connectivity index (χ1n) is 8.13. The van der Waals surface area contributed by atoms with Crippen molar-refractivity contribution in [2.75, 3.05) is 32.7 Å². The highest BCUT2D eigenvalue weighted by Crippen LogP contribution is 2.09. The van der Waals surface area contributed by atoms with Crippen LogP contribution in [0.4, 0.5) is 0 Å². The average molecular weight is 321 g/mol. The van der Waals surface area contributed by atoms with E-state index >= 15 is 0 Å². The minimum atomic E-state index is -0.605. The zero-order valence-corrected chi connectivity index (χ0v) is 14.0. The SMILES string of the molecule is CCN(CC)CCCNC(=O)C(=O)NCCc1ccc(O)cc1. The van der Waals surface area contributed by atoms with Crippen LogP contribution in [0.25, 0.3) is 0 Å². The molecule has 0 saturated carbocycles. The molecule has 1 aromatic carbocycles. The molecule has 0 fully saturated rings. The first kappa shape index (κ1) is 19.0. The van der Waals surface area contributed by atoms with Crippen LogP contribution in [0.1, 0.15) is 25.8 Å². The second kappa shape index (κ2) is 10.6. The maximum Gasteiger partial charge on any atom is 0.309 e. The Kier molecular flexibility index (Phi) is 8.75. The number of carbonyl (C=O) groups excluding carboxylic acids is 2. The van der Waals surface area contributed by atoms with Crippen LogP contribution in [-0.2, 0) is 16.0 Å². The average Bonchev–Trinajstić information content (AvgIpc) is 2.56. The zero-order chi connectivity index (χ0) is 17.1. The molecule has 0 aliphatic carbocycles. The largest absolute Gasteiger partial charge is 0.508 e. The predicted molar refractivity (Wildman–Crippen MR) is 90.2 cm³/mol. The van der Waals surface area contributed by atoms with E-state index in [1.807, 2.05) is 0 Å². The molecule has 0 atom stereocenters. The normalized spacial score (nSPS) is 10.6. The van der Waals surface area contributed by atoms with Gasteiger partial charge in [0.05, 0.1) is 0 Å². The van der Waals surface area contributed by atoms with E-state index in [0.29, 0.717) is 19.5 Å². The summed E-state index contributed by atoms with van der Waals surface area (Å²) in [5.41, 5.74) is 0.989. The number of hydrogen-bond acceptors (Lipinski definition) is 4. The number of benzene rings is 1. The maximum absolute atomic E-state index is 11.7. The highest BCUT2D eigenvalue weighted by atomic mass is 16.3. The molecule has 0 bridgehead atoms. The monoisotopic (exact) mass is 321 g/mol. The molecule has 0 spiro atoms. The molecule has 1 aromatic rings. The number of rotatable bonds is 9. The first-order chi connectivity index (χ1) is 11.1.